The van der Waals surface area contributed by atoms with E-state index in [4.69, 9.17) is 0 Å². The second-order valence-electron chi connectivity index (χ2n) is 4.56. The van der Waals surface area contributed by atoms with E-state index in [-0.39, 0.29) is 25.9 Å². The average molecular weight is 261 g/mol. The van der Waals surface area contributed by atoms with E-state index in [9.17, 15) is 18.0 Å². The van der Waals surface area contributed by atoms with Crippen LogP contribution >= 0.6 is 0 Å². The summed E-state index contributed by atoms with van der Waals surface area (Å²) in [7, 11) is 1.66. The van der Waals surface area contributed by atoms with Crippen molar-refractivity contribution < 1.29 is 18.0 Å². The van der Waals surface area contributed by atoms with Crippen molar-refractivity contribution in [3.63, 3.8) is 0 Å². The normalized spacial score (nSPS) is 24.4. The van der Waals surface area contributed by atoms with E-state index in [1.165, 1.54) is 6.20 Å². The molecule has 7 heteroatoms. The number of rotatable bonds is 3. The number of halogens is 3. The third-order valence-electron chi connectivity index (χ3n) is 3.47. The number of imidazole rings is 1. The number of Topliss-reactive ketones (excluding diaryl/α,β-unsaturated/α-hetero) is 1. The van der Waals surface area contributed by atoms with Crippen molar-refractivity contribution in [2.75, 3.05) is 13.1 Å². The summed E-state index contributed by atoms with van der Waals surface area (Å²) in [6.45, 7) is -0.119. The van der Waals surface area contributed by atoms with Crippen LogP contribution in [0.2, 0.25) is 0 Å². The maximum Gasteiger partial charge on any atom is 0.402 e. The lowest BCUT2D eigenvalue weighted by Gasteiger charge is -2.29. The molecule has 1 aromatic heterocycles. The second-order valence-corrected chi connectivity index (χ2v) is 4.56. The molecule has 2 heterocycles. The molecule has 100 valence electrons. The Morgan fingerprint density at radius 3 is 2.78 bits per heavy atom. The minimum Gasteiger partial charge on any atom is -0.338 e. The van der Waals surface area contributed by atoms with E-state index in [0.29, 0.717) is 5.82 Å². The van der Waals surface area contributed by atoms with Crippen molar-refractivity contribution in [2.24, 2.45) is 12.5 Å². The Morgan fingerprint density at radius 2 is 2.33 bits per heavy atom. The van der Waals surface area contributed by atoms with E-state index in [2.05, 4.69) is 10.3 Å². The van der Waals surface area contributed by atoms with Crippen LogP contribution in [0, 0.1) is 5.41 Å². The van der Waals surface area contributed by atoms with Crippen LogP contribution in [0.3, 0.4) is 0 Å². The molecule has 0 saturated carbocycles. The van der Waals surface area contributed by atoms with Gasteiger partial charge in [-0.3, -0.25) is 4.79 Å². The first kappa shape index (κ1) is 13.1. The molecule has 0 bridgehead atoms. The summed E-state index contributed by atoms with van der Waals surface area (Å²) in [6, 6.07) is 0. The largest absolute Gasteiger partial charge is 0.402 e. The Hall–Kier alpha value is -1.37. The van der Waals surface area contributed by atoms with E-state index in [0.717, 1.165) is 0 Å². The summed E-state index contributed by atoms with van der Waals surface area (Å²) in [4.78, 5) is 15.9. The van der Waals surface area contributed by atoms with Gasteiger partial charge in [0.1, 0.15) is 11.2 Å². The molecule has 1 aromatic rings. The second kappa shape index (κ2) is 4.38. The third-order valence-corrected chi connectivity index (χ3v) is 3.47. The van der Waals surface area contributed by atoms with Gasteiger partial charge in [0.2, 0.25) is 0 Å². The molecule has 1 fully saturated rings. The van der Waals surface area contributed by atoms with Crippen LogP contribution in [0.1, 0.15) is 12.2 Å². The summed E-state index contributed by atoms with van der Waals surface area (Å²) < 4.78 is 40.9. The predicted molar refractivity (Wildman–Crippen MR) is 57.9 cm³/mol. The maximum absolute atomic E-state index is 13.1. The number of hydrogen-bond donors (Lipinski definition) is 1. The van der Waals surface area contributed by atoms with Crippen molar-refractivity contribution in [1.29, 1.82) is 0 Å². The number of ketones is 1. The summed E-state index contributed by atoms with van der Waals surface area (Å²) in [5, 5.41) is 2.63. The van der Waals surface area contributed by atoms with E-state index < -0.39 is 17.4 Å². The fourth-order valence-corrected chi connectivity index (χ4v) is 2.21. The van der Waals surface area contributed by atoms with Crippen molar-refractivity contribution in [2.45, 2.75) is 19.0 Å². The minimum atomic E-state index is -4.52. The monoisotopic (exact) mass is 261 g/mol. The van der Waals surface area contributed by atoms with Crippen molar-refractivity contribution in [3.05, 3.63) is 18.2 Å². The molecule has 18 heavy (non-hydrogen) atoms. The smallest absolute Gasteiger partial charge is 0.338 e. The molecule has 0 spiro atoms. The molecule has 0 aromatic carbocycles. The first-order valence-corrected chi connectivity index (χ1v) is 5.64. The number of aryl methyl sites for hydroxylation is 1. The first-order chi connectivity index (χ1) is 8.37. The van der Waals surface area contributed by atoms with Crippen LogP contribution in [0.25, 0.3) is 0 Å². The lowest BCUT2D eigenvalue weighted by Crippen LogP contribution is -2.47. The van der Waals surface area contributed by atoms with Crippen LogP contribution in [0.5, 0.6) is 0 Å². The Balaban J connectivity index is 2.23. The van der Waals surface area contributed by atoms with Gasteiger partial charge in [-0.25, -0.2) is 4.98 Å². The Morgan fingerprint density at radius 1 is 1.61 bits per heavy atom. The zero-order valence-electron chi connectivity index (χ0n) is 9.92. The van der Waals surface area contributed by atoms with Crippen molar-refractivity contribution in [3.8, 4) is 0 Å². The highest BCUT2D eigenvalue weighted by atomic mass is 19.4. The molecular weight excluding hydrogens is 247 g/mol. The number of carbonyl (C=O) groups is 1. The zero-order chi connectivity index (χ0) is 13.4. The van der Waals surface area contributed by atoms with Gasteiger partial charge in [0.25, 0.3) is 0 Å². The highest BCUT2D eigenvalue weighted by molar-refractivity contribution is 5.87. The quantitative estimate of drug-likeness (QED) is 0.885. The summed E-state index contributed by atoms with van der Waals surface area (Å²) in [5.41, 5.74) is -2.25. The fourth-order valence-electron chi connectivity index (χ4n) is 2.21. The SMILES string of the molecule is Cn1ccnc1CC(=O)C1(C(F)(F)F)CCNC1. The summed E-state index contributed by atoms with van der Waals surface area (Å²) in [6.07, 6.45) is -1.92. The topological polar surface area (TPSA) is 46.9 Å². The van der Waals surface area contributed by atoms with Crippen LogP contribution in [0.4, 0.5) is 13.2 Å². The molecule has 0 aliphatic carbocycles. The van der Waals surface area contributed by atoms with Gasteiger partial charge in [0.15, 0.2) is 5.78 Å². The Kier molecular flexibility index (Phi) is 3.18. The van der Waals surface area contributed by atoms with Gasteiger partial charge in [0.05, 0.1) is 6.42 Å². The zero-order valence-corrected chi connectivity index (χ0v) is 9.92. The van der Waals surface area contributed by atoms with Gasteiger partial charge in [0, 0.05) is 26.0 Å². The number of carbonyl (C=O) groups excluding carboxylic acids is 1. The van der Waals surface area contributed by atoms with Gasteiger partial charge in [-0.2, -0.15) is 13.2 Å². The van der Waals surface area contributed by atoms with Crippen molar-refractivity contribution >= 4 is 5.78 Å². The predicted octanol–water partition coefficient (Wildman–Crippen LogP) is 1.07. The molecule has 4 nitrogen and oxygen atoms in total. The molecule has 1 aliphatic heterocycles. The highest BCUT2D eigenvalue weighted by Crippen LogP contribution is 2.44. The van der Waals surface area contributed by atoms with Gasteiger partial charge in [-0.15, -0.1) is 0 Å². The molecule has 1 atom stereocenters. The number of alkyl halides is 3. The molecule has 1 saturated heterocycles. The minimum absolute atomic E-state index is 0.195. The van der Waals surface area contributed by atoms with Crippen molar-refractivity contribution in [1.82, 2.24) is 14.9 Å². The van der Waals surface area contributed by atoms with Crippen LogP contribution in [0.15, 0.2) is 12.4 Å². The number of aromatic nitrogens is 2. The average Bonchev–Trinajstić information content (AvgIpc) is 2.87. The van der Waals surface area contributed by atoms with Gasteiger partial charge >= 0.3 is 6.18 Å². The molecule has 0 radical (unpaired) electrons. The molecule has 2 rings (SSSR count). The Labute approximate surface area is 102 Å². The summed E-state index contributed by atoms with van der Waals surface area (Å²) in [5.74, 6) is -0.454. The van der Waals surface area contributed by atoms with Crippen LogP contribution < -0.4 is 5.32 Å². The van der Waals surface area contributed by atoms with E-state index in [1.807, 2.05) is 0 Å². The number of nitrogens with one attached hydrogen (secondary N) is 1. The number of nitrogens with zero attached hydrogens (tertiary/aromatic N) is 2. The van der Waals surface area contributed by atoms with Crippen LogP contribution in [-0.2, 0) is 18.3 Å². The third kappa shape index (κ3) is 2.03. The maximum atomic E-state index is 13.1. The van der Waals surface area contributed by atoms with E-state index in [1.54, 1.807) is 17.8 Å². The molecule has 0 amide bonds. The van der Waals surface area contributed by atoms with E-state index >= 15 is 0 Å². The summed E-state index contributed by atoms with van der Waals surface area (Å²) >= 11 is 0. The number of hydrogen-bond acceptors (Lipinski definition) is 3. The molecule has 1 aliphatic rings. The molecular formula is C11H14F3N3O. The first-order valence-electron chi connectivity index (χ1n) is 5.64. The lowest BCUT2D eigenvalue weighted by atomic mass is 9.80. The lowest BCUT2D eigenvalue weighted by molar-refractivity contribution is -0.214. The van der Waals surface area contributed by atoms with Gasteiger partial charge < -0.3 is 9.88 Å². The van der Waals surface area contributed by atoms with Gasteiger partial charge in [-0.1, -0.05) is 0 Å². The highest BCUT2D eigenvalue weighted by Gasteiger charge is 2.60. The fraction of sp³-hybridized carbons (Fsp3) is 0.636. The molecule has 1 N–H and O–H groups in total. The molecule has 1 unspecified atom stereocenters. The Bertz CT molecular complexity index is 447. The standard InChI is InChI=1S/C11H14F3N3O/c1-17-5-4-16-9(17)6-8(18)10(11(12,13)14)2-3-15-7-10/h4-5,15H,2-3,6-7H2,1H3. The van der Waals surface area contributed by atoms with Gasteiger partial charge in [-0.05, 0) is 13.0 Å². The van der Waals surface area contributed by atoms with Crippen LogP contribution in [-0.4, -0.2) is 34.6 Å².